The average Bonchev–Trinajstić information content (AvgIpc) is 2.94. The van der Waals surface area contributed by atoms with Crippen molar-refractivity contribution < 1.29 is 0 Å². The fourth-order valence-electron chi connectivity index (χ4n) is 2.65. The molecular formula is C17H24N2S. The third-order valence-electron chi connectivity index (χ3n) is 4.21. The molecule has 0 aliphatic heterocycles. The Bertz CT molecular complexity index is 492. The number of nitrogens with zero attached hydrogens (tertiary/aromatic N) is 1. The second-order valence-electron chi connectivity index (χ2n) is 5.78. The molecule has 0 radical (unpaired) electrons. The van der Waals surface area contributed by atoms with Gasteiger partial charge in [0.2, 0.25) is 0 Å². The van der Waals surface area contributed by atoms with Gasteiger partial charge < -0.3 is 5.32 Å². The van der Waals surface area contributed by atoms with Gasteiger partial charge in [0.1, 0.15) is 5.54 Å². The lowest BCUT2D eigenvalue weighted by Gasteiger charge is -2.20. The van der Waals surface area contributed by atoms with E-state index in [2.05, 4.69) is 29.6 Å². The van der Waals surface area contributed by atoms with Gasteiger partial charge in [-0.2, -0.15) is 5.26 Å². The normalized spacial score (nSPS) is 16.4. The predicted octanol–water partition coefficient (Wildman–Crippen LogP) is 3.94. The van der Waals surface area contributed by atoms with Crippen LogP contribution in [0.5, 0.6) is 0 Å². The third kappa shape index (κ3) is 4.01. The number of unbranched alkanes of at least 4 members (excludes halogenated alkanes) is 1. The summed E-state index contributed by atoms with van der Waals surface area (Å²) in [4.78, 5) is 1.40. The monoisotopic (exact) mass is 288 g/mol. The van der Waals surface area contributed by atoms with E-state index in [1.165, 1.54) is 30.6 Å². The Labute approximate surface area is 127 Å². The van der Waals surface area contributed by atoms with Crippen LogP contribution in [-0.4, -0.2) is 18.3 Å². The number of rotatable bonds is 7. The maximum absolute atomic E-state index is 9.09. The number of thioether (sulfide) groups is 1. The Hall–Kier alpha value is -0.980. The van der Waals surface area contributed by atoms with Crippen molar-refractivity contribution >= 4 is 11.8 Å². The molecule has 0 spiro atoms. The van der Waals surface area contributed by atoms with Crippen molar-refractivity contribution in [3.63, 3.8) is 0 Å². The molecule has 1 unspecified atom stereocenters. The summed E-state index contributed by atoms with van der Waals surface area (Å²) < 4.78 is 0. The van der Waals surface area contributed by atoms with E-state index < -0.39 is 0 Å². The van der Waals surface area contributed by atoms with E-state index in [1.54, 1.807) is 11.1 Å². The molecule has 20 heavy (non-hydrogen) atoms. The molecule has 1 aromatic rings. The van der Waals surface area contributed by atoms with Gasteiger partial charge in [0, 0.05) is 4.90 Å². The molecule has 1 N–H and O–H groups in total. The van der Waals surface area contributed by atoms with Gasteiger partial charge in [0.25, 0.3) is 0 Å². The lowest BCUT2D eigenvalue weighted by molar-refractivity contribution is 0.439. The van der Waals surface area contributed by atoms with Crippen molar-refractivity contribution in [2.75, 3.05) is 12.8 Å². The Balaban J connectivity index is 1.70. The van der Waals surface area contributed by atoms with Crippen LogP contribution in [0.3, 0.4) is 0 Å². The van der Waals surface area contributed by atoms with Crippen molar-refractivity contribution in [3.05, 3.63) is 29.3 Å². The molecule has 1 aliphatic rings. The number of aryl methyl sites for hydroxylation is 2. The summed E-state index contributed by atoms with van der Waals surface area (Å²) in [6.45, 7) is 1.97. The maximum atomic E-state index is 9.09. The maximum Gasteiger partial charge on any atom is 0.103 e. The molecule has 1 atom stereocenters. The number of hydrogen-bond donors (Lipinski definition) is 1. The molecule has 2 nitrogen and oxygen atoms in total. The minimum absolute atomic E-state index is 0.363. The van der Waals surface area contributed by atoms with E-state index in [0.29, 0.717) is 0 Å². The molecule has 1 aliphatic carbocycles. The molecule has 0 saturated heterocycles. The zero-order valence-corrected chi connectivity index (χ0v) is 13.4. The van der Waals surface area contributed by atoms with Crippen molar-refractivity contribution in [1.29, 1.82) is 5.26 Å². The smallest absolute Gasteiger partial charge is 0.103 e. The van der Waals surface area contributed by atoms with E-state index in [9.17, 15) is 0 Å². The van der Waals surface area contributed by atoms with E-state index in [1.807, 2.05) is 25.7 Å². The minimum atomic E-state index is -0.363. The third-order valence-corrected chi connectivity index (χ3v) is 5.29. The van der Waals surface area contributed by atoms with Crippen molar-refractivity contribution in [1.82, 2.24) is 5.32 Å². The fraction of sp³-hybridized carbons (Fsp3) is 0.588. The van der Waals surface area contributed by atoms with Crippen LogP contribution in [-0.2, 0) is 12.8 Å². The number of hydrogen-bond acceptors (Lipinski definition) is 3. The van der Waals surface area contributed by atoms with Crippen molar-refractivity contribution in [2.45, 2.75) is 55.9 Å². The Morgan fingerprint density at radius 1 is 1.30 bits per heavy atom. The number of nitriles is 1. The van der Waals surface area contributed by atoms with Gasteiger partial charge >= 0.3 is 0 Å². The van der Waals surface area contributed by atoms with Crippen LogP contribution in [0.15, 0.2) is 23.1 Å². The van der Waals surface area contributed by atoms with Crippen LogP contribution in [0.4, 0.5) is 0 Å². The van der Waals surface area contributed by atoms with E-state index in [-0.39, 0.29) is 5.54 Å². The van der Waals surface area contributed by atoms with E-state index >= 15 is 0 Å². The van der Waals surface area contributed by atoms with Gasteiger partial charge in [-0.1, -0.05) is 6.07 Å². The summed E-state index contributed by atoms with van der Waals surface area (Å²) in [6, 6.07) is 9.29. The van der Waals surface area contributed by atoms with Gasteiger partial charge in [-0.3, -0.25) is 0 Å². The van der Waals surface area contributed by atoms with Gasteiger partial charge in [-0.05, 0) is 81.5 Å². The van der Waals surface area contributed by atoms with Crippen molar-refractivity contribution in [2.24, 2.45) is 0 Å². The van der Waals surface area contributed by atoms with Gasteiger partial charge in [0.15, 0.2) is 0 Å². The van der Waals surface area contributed by atoms with Crippen LogP contribution in [0, 0.1) is 11.3 Å². The number of fused-ring (bicyclic) bond motifs is 1. The molecule has 0 amide bonds. The molecule has 0 bridgehead atoms. The van der Waals surface area contributed by atoms with Crippen LogP contribution < -0.4 is 5.32 Å². The molecule has 2 rings (SSSR count). The first-order valence-corrected chi connectivity index (χ1v) is 8.50. The quantitative estimate of drug-likeness (QED) is 0.610. The Morgan fingerprint density at radius 3 is 2.85 bits per heavy atom. The molecule has 0 fully saturated rings. The summed E-state index contributed by atoms with van der Waals surface area (Å²) in [7, 11) is 1.86. The second kappa shape index (κ2) is 7.15. The highest BCUT2D eigenvalue weighted by Crippen LogP contribution is 2.28. The highest BCUT2D eigenvalue weighted by atomic mass is 32.2. The summed E-state index contributed by atoms with van der Waals surface area (Å²) >= 11 is 1.95. The standard InChI is InChI=1S/C17H24N2S/c1-17(13-18,19-2)10-3-4-11-20-16-9-8-14-6-5-7-15(14)12-16/h8-9,12,19H,3-7,10-11H2,1-2H3. The van der Waals surface area contributed by atoms with Crippen LogP contribution in [0.2, 0.25) is 0 Å². The van der Waals surface area contributed by atoms with Gasteiger partial charge in [0.05, 0.1) is 6.07 Å². The van der Waals surface area contributed by atoms with Gasteiger partial charge in [-0.15, -0.1) is 11.8 Å². The van der Waals surface area contributed by atoms with Crippen LogP contribution >= 0.6 is 11.8 Å². The Kier molecular flexibility index (Phi) is 5.51. The van der Waals surface area contributed by atoms with Crippen molar-refractivity contribution in [3.8, 4) is 6.07 Å². The molecule has 0 heterocycles. The summed E-state index contributed by atoms with van der Waals surface area (Å²) in [5, 5.41) is 12.2. The SMILES string of the molecule is CNC(C)(C#N)CCCCSc1ccc2c(c1)CCC2. The first-order chi connectivity index (χ1) is 9.67. The first kappa shape index (κ1) is 15.4. The molecule has 1 aromatic carbocycles. The Morgan fingerprint density at radius 2 is 2.10 bits per heavy atom. The first-order valence-electron chi connectivity index (χ1n) is 7.52. The average molecular weight is 288 g/mol. The zero-order chi connectivity index (χ0) is 14.4. The van der Waals surface area contributed by atoms with E-state index in [0.717, 1.165) is 18.6 Å². The highest BCUT2D eigenvalue weighted by molar-refractivity contribution is 7.99. The summed E-state index contributed by atoms with van der Waals surface area (Å²) in [5.74, 6) is 1.14. The molecule has 108 valence electrons. The molecule has 3 heteroatoms. The highest BCUT2D eigenvalue weighted by Gasteiger charge is 2.19. The lowest BCUT2D eigenvalue weighted by Crippen LogP contribution is -2.37. The topological polar surface area (TPSA) is 35.8 Å². The second-order valence-corrected chi connectivity index (χ2v) is 6.95. The predicted molar refractivity (Wildman–Crippen MR) is 86.1 cm³/mol. The summed E-state index contributed by atoms with van der Waals surface area (Å²) in [5.41, 5.74) is 2.74. The van der Waals surface area contributed by atoms with E-state index in [4.69, 9.17) is 5.26 Å². The summed E-state index contributed by atoms with van der Waals surface area (Å²) in [6.07, 6.45) is 7.03. The zero-order valence-electron chi connectivity index (χ0n) is 12.5. The minimum Gasteiger partial charge on any atom is -0.303 e. The lowest BCUT2D eigenvalue weighted by atomic mass is 9.97. The molecule has 0 aromatic heterocycles. The number of benzene rings is 1. The largest absolute Gasteiger partial charge is 0.303 e. The molecular weight excluding hydrogens is 264 g/mol. The van der Waals surface area contributed by atoms with Gasteiger partial charge in [-0.25, -0.2) is 0 Å². The van der Waals surface area contributed by atoms with Crippen LogP contribution in [0.25, 0.3) is 0 Å². The molecule has 0 saturated carbocycles. The number of nitrogens with one attached hydrogen (secondary N) is 1. The van der Waals surface area contributed by atoms with Crippen LogP contribution in [0.1, 0.15) is 43.7 Å². The fourth-order valence-corrected chi connectivity index (χ4v) is 3.62.